The summed E-state index contributed by atoms with van der Waals surface area (Å²) in [4.78, 5) is 39.6. The van der Waals surface area contributed by atoms with Gasteiger partial charge in [0, 0.05) is 22.0 Å². The van der Waals surface area contributed by atoms with E-state index in [0.29, 0.717) is 22.2 Å². The van der Waals surface area contributed by atoms with Crippen molar-refractivity contribution in [3.05, 3.63) is 70.9 Å². The van der Waals surface area contributed by atoms with Crippen molar-refractivity contribution in [2.24, 2.45) is 0 Å². The van der Waals surface area contributed by atoms with E-state index >= 15 is 0 Å². The fraction of sp³-hybridized carbons (Fsp3) is 0.150. The molecule has 6 heteroatoms. The van der Waals surface area contributed by atoms with Crippen LogP contribution in [0.1, 0.15) is 43.7 Å². The Morgan fingerprint density at radius 2 is 1.69 bits per heavy atom. The van der Waals surface area contributed by atoms with Gasteiger partial charge in [-0.05, 0) is 37.3 Å². The van der Waals surface area contributed by atoms with E-state index in [0.717, 1.165) is 0 Å². The van der Waals surface area contributed by atoms with E-state index in [1.165, 1.54) is 7.11 Å². The lowest BCUT2D eigenvalue weighted by Gasteiger charge is -2.07. The molecule has 1 heterocycles. The summed E-state index contributed by atoms with van der Waals surface area (Å²) in [6.07, 6.45) is 0. The molecule has 1 aromatic heterocycles. The minimum absolute atomic E-state index is 0.210. The van der Waals surface area contributed by atoms with Crippen LogP contribution in [0.2, 0.25) is 0 Å². The lowest BCUT2D eigenvalue weighted by Crippen LogP contribution is -2.11. The highest BCUT2D eigenvalue weighted by Crippen LogP contribution is 2.21. The molecule has 3 rings (SSSR count). The van der Waals surface area contributed by atoms with Gasteiger partial charge in [-0.2, -0.15) is 0 Å². The van der Waals surface area contributed by atoms with Crippen LogP contribution in [0.25, 0.3) is 10.9 Å². The number of aromatic nitrogens is 1. The summed E-state index contributed by atoms with van der Waals surface area (Å²) < 4.78 is 9.71. The first kappa shape index (κ1) is 17.4. The Balaban J connectivity index is 2.00. The number of esters is 2. The zero-order valence-electron chi connectivity index (χ0n) is 14.4. The smallest absolute Gasteiger partial charge is 0.354 e. The monoisotopic (exact) mass is 351 g/mol. The maximum Gasteiger partial charge on any atom is 0.354 e. The lowest BCUT2D eigenvalue weighted by atomic mass is 9.97. The largest absolute Gasteiger partial charge is 0.465 e. The zero-order chi connectivity index (χ0) is 18.7. The third-order valence-electron chi connectivity index (χ3n) is 3.96. The number of rotatable bonds is 5. The number of ether oxygens (including phenoxy) is 2. The molecule has 1 N–H and O–H groups in total. The van der Waals surface area contributed by atoms with Gasteiger partial charge >= 0.3 is 11.9 Å². The van der Waals surface area contributed by atoms with Gasteiger partial charge < -0.3 is 14.5 Å². The zero-order valence-corrected chi connectivity index (χ0v) is 14.4. The molecule has 0 spiro atoms. The van der Waals surface area contributed by atoms with Crippen LogP contribution in [0.5, 0.6) is 0 Å². The van der Waals surface area contributed by atoms with Crippen LogP contribution < -0.4 is 0 Å². The molecular formula is C20H17NO5. The highest BCUT2D eigenvalue weighted by atomic mass is 16.5. The molecule has 132 valence electrons. The molecule has 0 atom stereocenters. The quantitative estimate of drug-likeness (QED) is 0.563. The van der Waals surface area contributed by atoms with E-state index in [2.05, 4.69) is 4.98 Å². The van der Waals surface area contributed by atoms with Crippen LogP contribution in [0.3, 0.4) is 0 Å². The molecule has 0 aliphatic carbocycles. The number of carbonyl (C=O) groups excluding carboxylic acids is 3. The molecule has 2 aromatic carbocycles. The predicted octanol–water partition coefficient (Wildman–Crippen LogP) is 3.36. The third kappa shape index (κ3) is 3.21. The van der Waals surface area contributed by atoms with E-state index < -0.39 is 11.9 Å². The first-order chi connectivity index (χ1) is 12.5. The topological polar surface area (TPSA) is 85.5 Å². The van der Waals surface area contributed by atoms with Crippen molar-refractivity contribution in [2.45, 2.75) is 6.92 Å². The second-order valence-corrected chi connectivity index (χ2v) is 5.57. The molecule has 0 aliphatic heterocycles. The van der Waals surface area contributed by atoms with Crippen molar-refractivity contribution >= 4 is 28.6 Å². The van der Waals surface area contributed by atoms with E-state index in [4.69, 9.17) is 9.47 Å². The number of fused-ring (bicyclic) bond motifs is 1. The van der Waals surface area contributed by atoms with Gasteiger partial charge in [0.05, 0.1) is 19.3 Å². The van der Waals surface area contributed by atoms with Gasteiger partial charge in [0.1, 0.15) is 5.69 Å². The van der Waals surface area contributed by atoms with Crippen molar-refractivity contribution in [2.75, 3.05) is 13.7 Å². The summed E-state index contributed by atoms with van der Waals surface area (Å²) in [7, 11) is 1.27. The highest BCUT2D eigenvalue weighted by Gasteiger charge is 2.19. The number of nitrogens with one attached hydrogen (secondary N) is 1. The maximum absolute atomic E-state index is 12.9. The van der Waals surface area contributed by atoms with Crippen LogP contribution in [-0.4, -0.2) is 36.4 Å². The SMILES string of the molecule is CCOC(=O)c1cc2cc(C(=O)c3ccccc3C(=O)OC)ccc2[nH]1. The Labute approximate surface area is 149 Å². The molecule has 0 saturated heterocycles. The summed E-state index contributed by atoms with van der Waals surface area (Å²) in [5.41, 5.74) is 1.91. The van der Waals surface area contributed by atoms with E-state index in [-0.39, 0.29) is 23.5 Å². The summed E-state index contributed by atoms with van der Waals surface area (Å²) >= 11 is 0. The van der Waals surface area contributed by atoms with Crippen LogP contribution in [-0.2, 0) is 9.47 Å². The fourth-order valence-electron chi connectivity index (χ4n) is 2.72. The molecule has 0 radical (unpaired) electrons. The van der Waals surface area contributed by atoms with Gasteiger partial charge in [-0.25, -0.2) is 9.59 Å². The molecule has 0 aliphatic rings. The van der Waals surface area contributed by atoms with Crippen molar-refractivity contribution in [3.8, 4) is 0 Å². The van der Waals surface area contributed by atoms with Gasteiger partial charge in [-0.3, -0.25) is 4.79 Å². The summed E-state index contributed by atoms with van der Waals surface area (Å²) in [5.74, 6) is -1.32. The molecule has 26 heavy (non-hydrogen) atoms. The molecule has 3 aromatic rings. The van der Waals surface area contributed by atoms with E-state index in [1.807, 2.05) is 0 Å². The standard InChI is InChI=1S/C20H17NO5/c1-3-26-20(24)17-11-13-10-12(8-9-16(13)21-17)18(22)14-6-4-5-7-15(14)19(23)25-2/h4-11,21H,3H2,1-2H3. The number of benzene rings is 2. The fourth-order valence-corrected chi connectivity index (χ4v) is 2.72. The Morgan fingerprint density at radius 3 is 2.38 bits per heavy atom. The van der Waals surface area contributed by atoms with Crippen LogP contribution >= 0.6 is 0 Å². The molecule has 0 bridgehead atoms. The predicted molar refractivity (Wildman–Crippen MR) is 95.5 cm³/mol. The summed E-state index contributed by atoms with van der Waals surface area (Å²) in [6.45, 7) is 2.01. The van der Waals surface area contributed by atoms with Gasteiger partial charge in [0.2, 0.25) is 0 Å². The molecule has 0 fully saturated rings. The number of carbonyl (C=O) groups is 3. The van der Waals surface area contributed by atoms with Gasteiger partial charge in [0.25, 0.3) is 0 Å². The van der Waals surface area contributed by atoms with Crippen LogP contribution in [0, 0.1) is 0 Å². The average molecular weight is 351 g/mol. The second kappa shape index (κ2) is 7.23. The van der Waals surface area contributed by atoms with Gasteiger partial charge in [-0.15, -0.1) is 0 Å². The number of hydrogen-bond acceptors (Lipinski definition) is 5. The number of aromatic amines is 1. The molecule has 0 saturated carbocycles. The Morgan fingerprint density at radius 1 is 0.962 bits per heavy atom. The highest BCUT2D eigenvalue weighted by molar-refractivity contribution is 6.15. The average Bonchev–Trinajstić information content (AvgIpc) is 3.10. The van der Waals surface area contributed by atoms with Gasteiger partial charge in [-0.1, -0.05) is 18.2 Å². The first-order valence-electron chi connectivity index (χ1n) is 8.07. The van der Waals surface area contributed by atoms with E-state index in [9.17, 15) is 14.4 Å². The number of H-pyrrole nitrogens is 1. The van der Waals surface area contributed by atoms with Crippen molar-refractivity contribution < 1.29 is 23.9 Å². The second-order valence-electron chi connectivity index (χ2n) is 5.57. The Hall–Kier alpha value is -3.41. The van der Waals surface area contributed by atoms with E-state index in [1.54, 1.807) is 55.5 Å². The summed E-state index contributed by atoms with van der Waals surface area (Å²) in [6, 6.07) is 13.2. The molecule has 0 unspecified atom stereocenters. The lowest BCUT2D eigenvalue weighted by molar-refractivity contribution is 0.0519. The normalized spacial score (nSPS) is 10.5. The number of ketones is 1. The summed E-state index contributed by atoms with van der Waals surface area (Å²) in [5, 5.41) is 0.703. The van der Waals surface area contributed by atoms with Gasteiger partial charge in [0.15, 0.2) is 5.78 Å². The van der Waals surface area contributed by atoms with Crippen molar-refractivity contribution in [1.82, 2.24) is 4.98 Å². The van der Waals surface area contributed by atoms with Crippen LogP contribution in [0.4, 0.5) is 0 Å². The van der Waals surface area contributed by atoms with Crippen LogP contribution in [0.15, 0.2) is 48.5 Å². The first-order valence-corrected chi connectivity index (χ1v) is 8.07. The minimum Gasteiger partial charge on any atom is -0.465 e. The minimum atomic E-state index is -0.568. The molecule has 0 amide bonds. The Kier molecular flexibility index (Phi) is 4.84. The Bertz CT molecular complexity index is 1000. The number of hydrogen-bond donors (Lipinski definition) is 1. The molecule has 6 nitrogen and oxygen atoms in total. The maximum atomic E-state index is 12.9. The van der Waals surface area contributed by atoms with Crippen molar-refractivity contribution in [3.63, 3.8) is 0 Å². The van der Waals surface area contributed by atoms with Crippen molar-refractivity contribution in [1.29, 1.82) is 0 Å². The third-order valence-corrected chi connectivity index (χ3v) is 3.96. The molecular weight excluding hydrogens is 334 g/mol. The number of methoxy groups -OCH3 is 1.